The Bertz CT molecular complexity index is 407. The zero-order chi connectivity index (χ0) is 13.7. The molecule has 0 radical (unpaired) electrons. The molecule has 2 atom stereocenters. The van der Waals surface area contributed by atoms with Crippen molar-refractivity contribution in [2.45, 2.75) is 38.4 Å². The first-order valence-corrected chi connectivity index (χ1v) is 6.96. The van der Waals surface area contributed by atoms with Crippen LogP contribution in [-0.2, 0) is 11.3 Å². The largest absolute Gasteiger partial charge is 0.352 e. The maximum Gasteiger partial charge on any atom is 0.233 e. The fourth-order valence-electron chi connectivity index (χ4n) is 2.69. The van der Waals surface area contributed by atoms with Crippen molar-refractivity contribution in [2.75, 3.05) is 13.1 Å². The predicted molar refractivity (Wildman–Crippen MR) is 76.5 cm³/mol. The lowest BCUT2D eigenvalue weighted by Gasteiger charge is -2.38. The van der Waals surface area contributed by atoms with Crippen molar-refractivity contribution < 1.29 is 4.79 Å². The number of rotatable bonds is 4. The summed E-state index contributed by atoms with van der Waals surface area (Å²) in [6.45, 7) is 4.31. The normalized spacial score (nSPS) is 24.1. The summed E-state index contributed by atoms with van der Waals surface area (Å²) >= 11 is 0. The Morgan fingerprint density at radius 3 is 2.79 bits per heavy atom. The lowest BCUT2D eigenvalue weighted by atomic mass is 9.97. The topological polar surface area (TPSA) is 58.4 Å². The molecular weight excluding hydrogens is 238 g/mol. The third-order valence-electron chi connectivity index (χ3n) is 3.79. The number of carbonyl (C=O) groups is 1. The summed E-state index contributed by atoms with van der Waals surface area (Å²) in [5, 5.41) is 2.99. The van der Waals surface area contributed by atoms with Crippen molar-refractivity contribution in [1.29, 1.82) is 0 Å². The molecule has 0 spiro atoms. The second kappa shape index (κ2) is 6.68. The van der Waals surface area contributed by atoms with Gasteiger partial charge in [0.2, 0.25) is 5.91 Å². The van der Waals surface area contributed by atoms with Crippen molar-refractivity contribution >= 4 is 5.91 Å². The van der Waals surface area contributed by atoms with Crippen molar-refractivity contribution in [3.8, 4) is 0 Å². The van der Waals surface area contributed by atoms with Gasteiger partial charge in [0.25, 0.3) is 0 Å². The molecule has 1 amide bonds. The molecule has 0 aromatic heterocycles. The van der Waals surface area contributed by atoms with Crippen LogP contribution < -0.4 is 11.1 Å². The van der Waals surface area contributed by atoms with Gasteiger partial charge in [0.15, 0.2) is 0 Å². The Hall–Kier alpha value is -1.39. The smallest absolute Gasteiger partial charge is 0.233 e. The van der Waals surface area contributed by atoms with Crippen LogP contribution in [-0.4, -0.2) is 36.0 Å². The van der Waals surface area contributed by atoms with E-state index in [-0.39, 0.29) is 18.5 Å². The molecule has 1 fully saturated rings. The first kappa shape index (κ1) is 14.0. The lowest BCUT2D eigenvalue weighted by Crippen LogP contribution is -2.49. The van der Waals surface area contributed by atoms with E-state index in [0.717, 1.165) is 25.9 Å². The van der Waals surface area contributed by atoms with Crippen LogP contribution in [0.4, 0.5) is 0 Å². The van der Waals surface area contributed by atoms with Crippen LogP contribution in [0.1, 0.15) is 25.3 Å². The van der Waals surface area contributed by atoms with E-state index < -0.39 is 0 Å². The molecule has 104 valence electrons. The summed E-state index contributed by atoms with van der Waals surface area (Å²) in [6, 6.07) is 11.3. The van der Waals surface area contributed by atoms with E-state index in [9.17, 15) is 4.79 Å². The van der Waals surface area contributed by atoms with Crippen molar-refractivity contribution in [1.82, 2.24) is 10.2 Å². The van der Waals surface area contributed by atoms with E-state index in [1.54, 1.807) is 0 Å². The zero-order valence-electron chi connectivity index (χ0n) is 11.5. The van der Waals surface area contributed by atoms with Gasteiger partial charge in [0, 0.05) is 25.2 Å². The lowest BCUT2D eigenvalue weighted by molar-refractivity contribution is -0.120. The van der Waals surface area contributed by atoms with Gasteiger partial charge in [-0.05, 0) is 25.3 Å². The van der Waals surface area contributed by atoms with Gasteiger partial charge in [0.1, 0.15) is 0 Å². The predicted octanol–water partition coefficient (Wildman–Crippen LogP) is 1.11. The van der Waals surface area contributed by atoms with Crippen LogP contribution in [0.2, 0.25) is 0 Å². The van der Waals surface area contributed by atoms with E-state index in [4.69, 9.17) is 5.73 Å². The highest BCUT2D eigenvalue weighted by atomic mass is 16.1. The molecule has 0 bridgehead atoms. The summed E-state index contributed by atoms with van der Waals surface area (Å²) in [7, 11) is 0. The van der Waals surface area contributed by atoms with Crippen LogP contribution in [0.25, 0.3) is 0 Å². The highest BCUT2D eigenvalue weighted by Gasteiger charge is 2.25. The highest BCUT2D eigenvalue weighted by Crippen LogP contribution is 2.19. The molecule has 19 heavy (non-hydrogen) atoms. The Labute approximate surface area is 115 Å². The Morgan fingerprint density at radius 1 is 1.42 bits per heavy atom. The fourth-order valence-corrected chi connectivity index (χ4v) is 2.69. The molecule has 2 rings (SSSR count). The molecular formula is C15H23N3O. The maximum atomic E-state index is 11.3. The molecule has 4 nitrogen and oxygen atoms in total. The van der Waals surface area contributed by atoms with Gasteiger partial charge in [-0.2, -0.15) is 0 Å². The summed E-state index contributed by atoms with van der Waals surface area (Å²) < 4.78 is 0. The number of hydrogen-bond acceptors (Lipinski definition) is 3. The molecule has 0 aliphatic carbocycles. The summed E-state index contributed by atoms with van der Waals surface area (Å²) in [6.07, 6.45) is 2.00. The molecule has 1 aliphatic heterocycles. The molecule has 0 unspecified atom stereocenters. The average Bonchev–Trinajstić information content (AvgIpc) is 2.43. The third kappa shape index (κ3) is 4.04. The number of carbonyl (C=O) groups excluding carboxylic acids is 1. The van der Waals surface area contributed by atoms with Crippen molar-refractivity contribution in [3.63, 3.8) is 0 Å². The molecule has 0 saturated carbocycles. The van der Waals surface area contributed by atoms with Crippen LogP contribution in [0, 0.1) is 0 Å². The van der Waals surface area contributed by atoms with Gasteiger partial charge in [0.05, 0.1) is 6.54 Å². The molecule has 1 aliphatic rings. The van der Waals surface area contributed by atoms with Gasteiger partial charge in [-0.1, -0.05) is 30.3 Å². The molecule has 1 aromatic carbocycles. The van der Waals surface area contributed by atoms with Crippen LogP contribution in [0.5, 0.6) is 0 Å². The molecule has 1 aromatic rings. The SMILES string of the molecule is C[C@H]1C[C@H](NC(=O)CN)CCN1Cc1ccccc1. The highest BCUT2D eigenvalue weighted by molar-refractivity contribution is 5.78. The van der Waals surface area contributed by atoms with E-state index in [2.05, 4.69) is 41.4 Å². The minimum absolute atomic E-state index is 0.0475. The van der Waals surface area contributed by atoms with Crippen LogP contribution in [0.3, 0.4) is 0 Å². The first-order chi connectivity index (χ1) is 9.19. The number of likely N-dealkylation sites (tertiary alicyclic amines) is 1. The third-order valence-corrected chi connectivity index (χ3v) is 3.79. The Kier molecular flexibility index (Phi) is 4.93. The average molecular weight is 261 g/mol. The van der Waals surface area contributed by atoms with Gasteiger partial charge < -0.3 is 11.1 Å². The number of amides is 1. The summed E-state index contributed by atoms with van der Waals surface area (Å²) in [5.74, 6) is -0.0475. The second-order valence-corrected chi connectivity index (χ2v) is 5.30. The van der Waals surface area contributed by atoms with Gasteiger partial charge in [-0.3, -0.25) is 9.69 Å². The quantitative estimate of drug-likeness (QED) is 0.854. The standard InChI is InChI=1S/C15H23N3O/c1-12-9-14(17-15(19)10-16)7-8-18(12)11-13-5-3-2-4-6-13/h2-6,12,14H,7-11,16H2,1H3,(H,17,19)/t12-,14+/m0/s1. The Morgan fingerprint density at radius 2 is 2.16 bits per heavy atom. The number of nitrogens with one attached hydrogen (secondary N) is 1. The molecule has 1 saturated heterocycles. The number of nitrogens with zero attached hydrogens (tertiary/aromatic N) is 1. The van der Waals surface area contributed by atoms with Crippen LogP contribution in [0.15, 0.2) is 30.3 Å². The number of nitrogens with two attached hydrogens (primary N) is 1. The van der Waals surface area contributed by atoms with E-state index in [1.165, 1.54) is 5.56 Å². The van der Waals surface area contributed by atoms with Crippen LogP contribution >= 0.6 is 0 Å². The molecule has 3 N–H and O–H groups in total. The van der Waals surface area contributed by atoms with E-state index in [0.29, 0.717) is 6.04 Å². The molecule has 4 heteroatoms. The van der Waals surface area contributed by atoms with Crippen molar-refractivity contribution in [2.24, 2.45) is 5.73 Å². The van der Waals surface area contributed by atoms with E-state index >= 15 is 0 Å². The van der Waals surface area contributed by atoms with Crippen molar-refractivity contribution in [3.05, 3.63) is 35.9 Å². The second-order valence-electron chi connectivity index (χ2n) is 5.30. The monoisotopic (exact) mass is 261 g/mol. The van der Waals surface area contributed by atoms with E-state index in [1.807, 2.05) is 6.07 Å². The number of hydrogen-bond donors (Lipinski definition) is 2. The number of benzene rings is 1. The minimum Gasteiger partial charge on any atom is -0.352 e. The van der Waals surface area contributed by atoms with Gasteiger partial charge in [-0.25, -0.2) is 0 Å². The Balaban J connectivity index is 1.85. The summed E-state index contributed by atoms with van der Waals surface area (Å²) in [5.41, 5.74) is 6.68. The number of piperidine rings is 1. The van der Waals surface area contributed by atoms with Gasteiger partial charge in [-0.15, -0.1) is 0 Å². The molecule has 1 heterocycles. The first-order valence-electron chi connectivity index (χ1n) is 6.96. The maximum absolute atomic E-state index is 11.3. The zero-order valence-corrected chi connectivity index (χ0v) is 11.5. The fraction of sp³-hybridized carbons (Fsp3) is 0.533. The van der Waals surface area contributed by atoms with Gasteiger partial charge >= 0.3 is 0 Å². The summed E-state index contributed by atoms with van der Waals surface area (Å²) in [4.78, 5) is 13.8. The minimum atomic E-state index is -0.0475.